The Morgan fingerprint density at radius 3 is 2.73 bits per heavy atom. The molecule has 0 saturated carbocycles. The van der Waals surface area contributed by atoms with E-state index in [0.717, 1.165) is 19.3 Å². The number of carbonyl (C=O) groups excluding carboxylic acids is 2. The smallest absolute Gasteiger partial charge is 0.255 e. The predicted octanol–water partition coefficient (Wildman–Crippen LogP) is 2.96. The van der Waals surface area contributed by atoms with Gasteiger partial charge in [-0.05, 0) is 56.0 Å². The molecule has 8 nitrogen and oxygen atoms in total. The number of carbonyl (C=O) groups is 2. The highest BCUT2D eigenvalue weighted by atomic mass is 16.5. The Bertz CT molecular complexity index is 1040. The van der Waals surface area contributed by atoms with E-state index in [1.54, 1.807) is 30.2 Å². The SMILES string of the molecule is COc1ccc(C(=O)Nc2ccccc2)cc1OC[C@H]1CC[C@@H](C(=O)N2CCC[C@H]2C#N)N1. The lowest BCUT2D eigenvalue weighted by Gasteiger charge is -2.24. The highest BCUT2D eigenvalue weighted by Gasteiger charge is 2.37. The molecule has 2 aliphatic heterocycles. The monoisotopic (exact) mass is 448 g/mol. The quantitative estimate of drug-likeness (QED) is 0.675. The second kappa shape index (κ2) is 10.4. The third kappa shape index (κ3) is 5.26. The zero-order valence-corrected chi connectivity index (χ0v) is 18.6. The Labute approximate surface area is 193 Å². The standard InChI is InChI=1S/C25H28N4O4/c1-32-22-12-9-17(24(30)28-18-6-3-2-4-7-18)14-23(22)33-16-19-10-11-21(27-19)25(31)29-13-5-8-20(29)15-26/h2-4,6-7,9,12,14,19-21,27H,5,8,10-11,13,16H2,1H3,(H,28,30)/t19-,20+,21+/m1/s1. The Morgan fingerprint density at radius 1 is 1.15 bits per heavy atom. The van der Waals surface area contributed by atoms with Crippen LogP contribution in [0.1, 0.15) is 36.0 Å². The molecule has 2 aliphatic rings. The zero-order chi connectivity index (χ0) is 23.2. The first kappa shape index (κ1) is 22.6. The molecule has 2 aromatic rings. The van der Waals surface area contributed by atoms with Gasteiger partial charge in [0.05, 0.1) is 19.2 Å². The molecular formula is C25H28N4O4. The van der Waals surface area contributed by atoms with Crippen LogP contribution in [0.2, 0.25) is 0 Å². The fourth-order valence-electron chi connectivity index (χ4n) is 4.36. The van der Waals surface area contributed by atoms with Crippen molar-refractivity contribution in [3.05, 3.63) is 54.1 Å². The second-order valence-corrected chi connectivity index (χ2v) is 8.31. The number of para-hydroxylation sites is 1. The molecule has 2 saturated heterocycles. The average molecular weight is 449 g/mol. The molecule has 3 atom stereocenters. The molecule has 33 heavy (non-hydrogen) atoms. The van der Waals surface area contributed by atoms with Crippen molar-refractivity contribution < 1.29 is 19.1 Å². The van der Waals surface area contributed by atoms with Crippen LogP contribution < -0.4 is 20.1 Å². The lowest BCUT2D eigenvalue weighted by atomic mass is 10.1. The number of methoxy groups -OCH3 is 1. The third-order valence-electron chi connectivity index (χ3n) is 6.12. The second-order valence-electron chi connectivity index (χ2n) is 8.31. The summed E-state index contributed by atoms with van der Waals surface area (Å²) >= 11 is 0. The molecule has 0 aliphatic carbocycles. The zero-order valence-electron chi connectivity index (χ0n) is 18.6. The van der Waals surface area contributed by atoms with Crippen LogP contribution in [0, 0.1) is 11.3 Å². The molecule has 2 aromatic carbocycles. The Morgan fingerprint density at radius 2 is 1.97 bits per heavy atom. The molecule has 172 valence electrons. The predicted molar refractivity (Wildman–Crippen MR) is 123 cm³/mol. The maximum atomic E-state index is 12.8. The van der Waals surface area contributed by atoms with Gasteiger partial charge in [0.2, 0.25) is 5.91 Å². The summed E-state index contributed by atoms with van der Waals surface area (Å²) in [5.41, 5.74) is 1.17. The fourth-order valence-corrected chi connectivity index (χ4v) is 4.36. The molecule has 0 bridgehead atoms. The number of hydrogen-bond acceptors (Lipinski definition) is 6. The van der Waals surface area contributed by atoms with E-state index in [2.05, 4.69) is 16.7 Å². The third-order valence-corrected chi connectivity index (χ3v) is 6.12. The number of ether oxygens (including phenoxy) is 2. The van der Waals surface area contributed by atoms with Crippen molar-refractivity contribution in [2.75, 3.05) is 25.6 Å². The minimum absolute atomic E-state index is 0.00119. The van der Waals surface area contributed by atoms with E-state index < -0.39 is 0 Å². The fraction of sp³-hybridized carbons (Fsp3) is 0.400. The summed E-state index contributed by atoms with van der Waals surface area (Å²) < 4.78 is 11.4. The van der Waals surface area contributed by atoms with Crippen LogP contribution in [0.4, 0.5) is 5.69 Å². The highest BCUT2D eigenvalue weighted by molar-refractivity contribution is 6.04. The van der Waals surface area contributed by atoms with Gasteiger partial charge in [0.1, 0.15) is 12.6 Å². The first-order chi connectivity index (χ1) is 16.1. The van der Waals surface area contributed by atoms with Gasteiger partial charge in [-0.25, -0.2) is 0 Å². The molecule has 0 aromatic heterocycles. The molecule has 2 fully saturated rings. The van der Waals surface area contributed by atoms with Gasteiger partial charge < -0.3 is 19.7 Å². The van der Waals surface area contributed by atoms with Gasteiger partial charge >= 0.3 is 0 Å². The number of nitrogens with zero attached hydrogens (tertiary/aromatic N) is 2. The van der Waals surface area contributed by atoms with Gasteiger partial charge in [-0.1, -0.05) is 18.2 Å². The number of benzene rings is 2. The highest BCUT2D eigenvalue weighted by Crippen LogP contribution is 2.29. The normalized spacial score (nSPS) is 21.9. The maximum absolute atomic E-state index is 12.8. The van der Waals surface area contributed by atoms with Gasteiger partial charge in [-0.2, -0.15) is 5.26 Å². The van der Waals surface area contributed by atoms with E-state index in [0.29, 0.717) is 42.3 Å². The number of anilines is 1. The van der Waals surface area contributed by atoms with Crippen molar-refractivity contribution in [1.82, 2.24) is 10.2 Å². The van der Waals surface area contributed by atoms with E-state index in [1.807, 2.05) is 30.3 Å². The van der Waals surface area contributed by atoms with Crippen LogP contribution in [0.3, 0.4) is 0 Å². The first-order valence-electron chi connectivity index (χ1n) is 11.2. The summed E-state index contributed by atoms with van der Waals surface area (Å²) in [6, 6.07) is 15.9. The van der Waals surface area contributed by atoms with Crippen LogP contribution in [0.15, 0.2) is 48.5 Å². The van der Waals surface area contributed by atoms with E-state index in [4.69, 9.17) is 9.47 Å². The summed E-state index contributed by atoms with van der Waals surface area (Å²) in [5, 5.41) is 15.5. The van der Waals surface area contributed by atoms with Crippen molar-refractivity contribution in [3.63, 3.8) is 0 Å². The van der Waals surface area contributed by atoms with Crippen LogP contribution in [0.25, 0.3) is 0 Å². The minimum atomic E-state index is -0.316. The van der Waals surface area contributed by atoms with E-state index in [-0.39, 0.29) is 29.9 Å². The molecule has 0 radical (unpaired) electrons. The molecule has 2 heterocycles. The summed E-state index contributed by atoms with van der Waals surface area (Å²) in [6.45, 7) is 0.983. The molecule has 0 unspecified atom stereocenters. The Balaban J connectivity index is 1.36. The number of nitrogens with one attached hydrogen (secondary N) is 2. The van der Waals surface area contributed by atoms with Crippen LogP contribution >= 0.6 is 0 Å². The van der Waals surface area contributed by atoms with Crippen LogP contribution in [-0.2, 0) is 4.79 Å². The summed E-state index contributed by atoms with van der Waals surface area (Å²) in [4.78, 5) is 27.1. The Kier molecular flexibility index (Phi) is 7.10. The Hall–Kier alpha value is -3.57. The number of amides is 2. The summed E-state index contributed by atoms with van der Waals surface area (Å²) in [5.74, 6) is 0.763. The average Bonchev–Trinajstić information content (AvgIpc) is 3.52. The molecule has 2 N–H and O–H groups in total. The lowest BCUT2D eigenvalue weighted by molar-refractivity contribution is -0.133. The largest absolute Gasteiger partial charge is 0.493 e. The number of nitriles is 1. The van der Waals surface area contributed by atoms with Crippen molar-refractivity contribution in [3.8, 4) is 17.6 Å². The van der Waals surface area contributed by atoms with Crippen molar-refractivity contribution in [2.45, 2.75) is 43.8 Å². The van der Waals surface area contributed by atoms with Gasteiger partial charge in [-0.3, -0.25) is 14.9 Å². The van der Waals surface area contributed by atoms with E-state index >= 15 is 0 Å². The van der Waals surface area contributed by atoms with Crippen molar-refractivity contribution in [2.24, 2.45) is 0 Å². The van der Waals surface area contributed by atoms with E-state index in [9.17, 15) is 14.9 Å². The number of rotatable bonds is 7. The molecule has 0 spiro atoms. The van der Waals surface area contributed by atoms with Gasteiger partial charge in [0.25, 0.3) is 5.91 Å². The van der Waals surface area contributed by atoms with Gasteiger partial charge in [0, 0.05) is 23.8 Å². The minimum Gasteiger partial charge on any atom is -0.493 e. The number of hydrogen-bond donors (Lipinski definition) is 2. The summed E-state index contributed by atoms with van der Waals surface area (Å²) in [7, 11) is 1.55. The van der Waals surface area contributed by atoms with Crippen molar-refractivity contribution >= 4 is 17.5 Å². The molecule has 2 amide bonds. The van der Waals surface area contributed by atoms with Crippen LogP contribution in [-0.4, -0.2) is 55.1 Å². The topological polar surface area (TPSA) is 104 Å². The first-order valence-corrected chi connectivity index (χ1v) is 11.2. The molecule has 4 rings (SSSR count). The van der Waals surface area contributed by atoms with Gasteiger partial charge in [0.15, 0.2) is 11.5 Å². The maximum Gasteiger partial charge on any atom is 0.255 e. The summed E-state index contributed by atoms with van der Waals surface area (Å²) in [6.07, 6.45) is 3.11. The van der Waals surface area contributed by atoms with Gasteiger partial charge in [-0.15, -0.1) is 0 Å². The van der Waals surface area contributed by atoms with E-state index in [1.165, 1.54) is 0 Å². The number of likely N-dealkylation sites (tertiary alicyclic amines) is 1. The molecule has 8 heteroatoms. The molecular weight excluding hydrogens is 420 g/mol. The van der Waals surface area contributed by atoms with Crippen LogP contribution in [0.5, 0.6) is 11.5 Å². The van der Waals surface area contributed by atoms with Crippen molar-refractivity contribution in [1.29, 1.82) is 5.26 Å². The lowest BCUT2D eigenvalue weighted by Crippen LogP contribution is -2.47.